The number of nitrogens with zero attached hydrogens (tertiary/aromatic N) is 2. The third-order valence-electron chi connectivity index (χ3n) is 1.55. The Balaban J connectivity index is 2.69. The van der Waals surface area contributed by atoms with Gasteiger partial charge >= 0.3 is 0 Å². The first-order valence-corrected chi connectivity index (χ1v) is 4.35. The molecule has 0 aliphatic carbocycles. The van der Waals surface area contributed by atoms with Gasteiger partial charge in [-0.25, -0.2) is 0 Å². The zero-order chi connectivity index (χ0) is 10.2. The maximum Gasteiger partial charge on any atom is 0.114 e. The van der Waals surface area contributed by atoms with Crippen LogP contribution >= 0.6 is 0 Å². The molecular weight excluding hydrogens is 176 g/mol. The lowest BCUT2D eigenvalue weighted by atomic mass is 10.1. The third kappa shape index (κ3) is 3.28. The molecule has 0 spiro atoms. The maximum absolute atomic E-state index is 8.46. The van der Waals surface area contributed by atoms with Gasteiger partial charge in [0.15, 0.2) is 0 Å². The van der Waals surface area contributed by atoms with Gasteiger partial charge in [-0.1, -0.05) is 23.4 Å². The Kier molecular flexibility index (Phi) is 4.22. The lowest BCUT2D eigenvalue weighted by Gasteiger charge is -1.96. The second-order valence-electron chi connectivity index (χ2n) is 2.60. The van der Waals surface area contributed by atoms with E-state index in [4.69, 9.17) is 10.1 Å². The highest BCUT2D eigenvalue weighted by atomic mass is 16.6. The largest absolute Gasteiger partial charge is 0.396 e. The quantitative estimate of drug-likeness (QED) is 0.535. The van der Waals surface area contributed by atoms with E-state index in [1.165, 1.54) is 6.42 Å². The average molecular weight is 187 g/mol. The van der Waals surface area contributed by atoms with Crippen molar-refractivity contribution in [2.75, 3.05) is 6.61 Å². The number of rotatable bonds is 4. The average Bonchev–Trinajstić information content (AvgIpc) is 2.19. The fourth-order valence-electron chi connectivity index (χ4n) is 0.976. The monoisotopic (exact) mass is 187 g/mol. The standard InChI is InChI=1S/C11H11N2O/c1-2-14-13-9-11-5-3-4-10(8-11)6-7-12/h3-6,8-9H,2H2,1H3/b13-9+. The van der Waals surface area contributed by atoms with Crippen LogP contribution in [0.1, 0.15) is 18.1 Å². The van der Waals surface area contributed by atoms with Crippen LogP contribution in [0.5, 0.6) is 0 Å². The Morgan fingerprint density at radius 3 is 3.00 bits per heavy atom. The van der Waals surface area contributed by atoms with Crippen molar-refractivity contribution in [2.24, 2.45) is 5.16 Å². The van der Waals surface area contributed by atoms with Crippen molar-refractivity contribution in [1.82, 2.24) is 0 Å². The summed E-state index contributed by atoms with van der Waals surface area (Å²) in [6.07, 6.45) is 3.11. The Morgan fingerprint density at radius 1 is 1.50 bits per heavy atom. The van der Waals surface area contributed by atoms with Gasteiger partial charge in [-0.05, 0) is 24.1 Å². The number of hydrogen-bond donors (Lipinski definition) is 0. The van der Waals surface area contributed by atoms with Crippen LogP contribution in [0.15, 0.2) is 29.4 Å². The molecule has 1 rings (SSSR count). The van der Waals surface area contributed by atoms with E-state index >= 15 is 0 Å². The van der Waals surface area contributed by atoms with Crippen molar-refractivity contribution in [3.8, 4) is 6.07 Å². The number of oxime groups is 1. The van der Waals surface area contributed by atoms with E-state index in [1.807, 2.05) is 37.3 Å². The second kappa shape index (κ2) is 5.76. The van der Waals surface area contributed by atoms with Crippen LogP contribution in [0.3, 0.4) is 0 Å². The van der Waals surface area contributed by atoms with Crippen molar-refractivity contribution in [3.05, 3.63) is 41.8 Å². The Bertz CT molecular complexity index is 353. The van der Waals surface area contributed by atoms with Crippen LogP contribution in [0.2, 0.25) is 0 Å². The lowest BCUT2D eigenvalue weighted by molar-refractivity contribution is 0.160. The molecule has 0 amide bonds. The fraction of sp³-hybridized carbons (Fsp3) is 0.182. The highest BCUT2D eigenvalue weighted by Crippen LogP contribution is 2.04. The predicted octanol–water partition coefficient (Wildman–Crippen LogP) is 2.13. The van der Waals surface area contributed by atoms with Crippen LogP contribution in [-0.4, -0.2) is 12.8 Å². The molecule has 14 heavy (non-hydrogen) atoms. The maximum atomic E-state index is 8.46. The topological polar surface area (TPSA) is 45.4 Å². The molecule has 0 bridgehead atoms. The zero-order valence-electron chi connectivity index (χ0n) is 7.97. The first-order chi connectivity index (χ1) is 6.86. The molecule has 0 unspecified atom stereocenters. The normalized spacial score (nSPS) is 10.0. The molecule has 0 saturated heterocycles. The smallest absolute Gasteiger partial charge is 0.114 e. The van der Waals surface area contributed by atoms with E-state index in [0.717, 1.165) is 11.1 Å². The summed E-state index contributed by atoms with van der Waals surface area (Å²) in [5.74, 6) is 0. The Hall–Kier alpha value is -1.82. The summed E-state index contributed by atoms with van der Waals surface area (Å²) in [6.45, 7) is 2.43. The van der Waals surface area contributed by atoms with Gasteiger partial charge in [-0.15, -0.1) is 0 Å². The first-order valence-electron chi connectivity index (χ1n) is 4.35. The van der Waals surface area contributed by atoms with Gasteiger partial charge < -0.3 is 4.84 Å². The molecule has 0 aliphatic rings. The van der Waals surface area contributed by atoms with E-state index in [1.54, 1.807) is 6.21 Å². The predicted molar refractivity (Wildman–Crippen MR) is 54.7 cm³/mol. The molecule has 3 heteroatoms. The van der Waals surface area contributed by atoms with E-state index in [2.05, 4.69) is 5.16 Å². The number of benzene rings is 1. The first kappa shape index (κ1) is 10.3. The Labute approximate surface area is 83.6 Å². The molecule has 3 nitrogen and oxygen atoms in total. The Morgan fingerprint density at radius 2 is 2.29 bits per heavy atom. The minimum Gasteiger partial charge on any atom is -0.396 e. The van der Waals surface area contributed by atoms with Gasteiger partial charge in [0.25, 0.3) is 0 Å². The van der Waals surface area contributed by atoms with Crippen molar-refractivity contribution in [3.63, 3.8) is 0 Å². The molecule has 0 fully saturated rings. The second-order valence-corrected chi connectivity index (χ2v) is 2.60. The minimum absolute atomic E-state index is 0.556. The molecule has 71 valence electrons. The molecule has 0 heterocycles. The fourth-order valence-corrected chi connectivity index (χ4v) is 0.976. The lowest BCUT2D eigenvalue weighted by Crippen LogP contribution is -1.86. The molecule has 0 N–H and O–H groups in total. The highest BCUT2D eigenvalue weighted by molar-refractivity contribution is 5.79. The van der Waals surface area contributed by atoms with Gasteiger partial charge in [-0.3, -0.25) is 0 Å². The van der Waals surface area contributed by atoms with Crippen molar-refractivity contribution < 1.29 is 4.84 Å². The van der Waals surface area contributed by atoms with Crippen molar-refractivity contribution >= 4 is 6.21 Å². The van der Waals surface area contributed by atoms with Crippen LogP contribution in [0, 0.1) is 17.8 Å². The van der Waals surface area contributed by atoms with Crippen LogP contribution < -0.4 is 0 Å². The molecule has 1 aromatic carbocycles. The molecule has 0 aromatic heterocycles. The van der Waals surface area contributed by atoms with E-state index in [9.17, 15) is 0 Å². The number of nitriles is 1. The summed E-state index contributed by atoms with van der Waals surface area (Å²) < 4.78 is 0. The molecular formula is C11H11N2O. The summed E-state index contributed by atoms with van der Waals surface area (Å²) in [4.78, 5) is 4.83. The molecule has 1 aromatic rings. The van der Waals surface area contributed by atoms with Crippen LogP contribution in [0.4, 0.5) is 0 Å². The van der Waals surface area contributed by atoms with E-state index in [0.29, 0.717) is 6.61 Å². The van der Waals surface area contributed by atoms with Crippen molar-refractivity contribution in [2.45, 2.75) is 6.92 Å². The van der Waals surface area contributed by atoms with Gasteiger partial charge in [0.1, 0.15) is 6.61 Å². The summed E-state index contributed by atoms with van der Waals surface area (Å²) in [5.41, 5.74) is 1.79. The molecule has 1 radical (unpaired) electrons. The van der Waals surface area contributed by atoms with Gasteiger partial charge in [0.05, 0.1) is 18.7 Å². The zero-order valence-corrected chi connectivity index (χ0v) is 7.97. The molecule has 0 aliphatic heterocycles. The summed E-state index contributed by atoms with van der Waals surface area (Å²) in [6, 6.07) is 9.48. The summed E-state index contributed by atoms with van der Waals surface area (Å²) in [7, 11) is 0. The van der Waals surface area contributed by atoms with Crippen LogP contribution in [-0.2, 0) is 4.84 Å². The van der Waals surface area contributed by atoms with E-state index in [-0.39, 0.29) is 0 Å². The number of hydrogen-bond acceptors (Lipinski definition) is 3. The minimum atomic E-state index is 0.556. The van der Waals surface area contributed by atoms with Gasteiger partial charge in [0, 0.05) is 0 Å². The summed E-state index contributed by atoms with van der Waals surface area (Å²) in [5, 5.41) is 12.2. The third-order valence-corrected chi connectivity index (χ3v) is 1.55. The van der Waals surface area contributed by atoms with Crippen LogP contribution in [0.25, 0.3) is 0 Å². The SMILES string of the molecule is CCO/N=C/c1cccc([CH]C#N)c1. The van der Waals surface area contributed by atoms with E-state index < -0.39 is 0 Å². The molecule has 0 atom stereocenters. The highest BCUT2D eigenvalue weighted by Gasteiger charge is 1.93. The summed E-state index contributed by atoms with van der Waals surface area (Å²) >= 11 is 0. The van der Waals surface area contributed by atoms with Crippen molar-refractivity contribution in [1.29, 1.82) is 5.26 Å². The van der Waals surface area contributed by atoms with Gasteiger partial charge in [0.2, 0.25) is 0 Å². The van der Waals surface area contributed by atoms with Gasteiger partial charge in [-0.2, -0.15) is 5.26 Å². The molecule has 0 saturated carbocycles.